The third-order valence-corrected chi connectivity index (χ3v) is 5.58. The van der Waals surface area contributed by atoms with Gasteiger partial charge in [0, 0.05) is 11.3 Å². The minimum atomic E-state index is -4.40. The number of nitrogens with zero attached hydrogens (tertiary/aromatic N) is 4. The molecule has 1 N–H and O–H groups in total. The first kappa shape index (κ1) is 23.2. The van der Waals surface area contributed by atoms with Crippen LogP contribution in [0.4, 0.5) is 13.2 Å². The average Bonchev–Trinajstić information content (AvgIpc) is 3.28. The molecule has 0 spiro atoms. The molecule has 1 aromatic heterocycles. The van der Waals surface area contributed by atoms with Crippen LogP contribution in [0.25, 0.3) is 17.1 Å². The Morgan fingerprint density at radius 2 is 1.59 bits per heavy atom. The van der Waals surface area contributed by atoms with Crippen LogP contribution in [-0.2, 0) is 11.0 Å². The van der Waals surface area contributed by atoms with E-state index in [-0.39, 0.29) is 5.75 Å². The van der Waals surface area contributed by atoms with Gasteiger partial charge in [-0.1, -0.05) is 72.4 Å². The third kappa shape index (κ3) is 5.70. The molecule has 4 rings (SSSR count). The van der Waals surface area contributed by atoms with Gasteiger partial charge in [0.2, 0.25) is 0 Å². The van der Waals surface area contributed by atoms with Gasteiger partial charge in [-0.3, -0.25) is 9.36 Å². The van der Waals surface area contributed by atoms with E-state index in [1.165, 1.54) is 30.1 Å². The van der Waals surface area contributed by atoms with Gasteiger partial charge < -0.3 is 0 Å². The molecule has 0 saturated heterocycles. The fourth-order valence-electron chi connectivity index (χ4n) is 3.05. The van der Waals surface area contributed by atoms with Crippen molar-refractivity contribution in [3.05, 3.63) is 96.1 Å². The highest BCUT2D eigenvalue weighted by molar-refractivity contribution is 7.99. The highest BCUT2D eigenvalue weighted by Crippen LogP contribution is 2.29. The molecule has 0 radical (unpaired) electrons. The number of carbonyl (C=O) groups is 1. The minimum Gasteiger partial charge on any atom is -0.272 e. The summed E-state index contributed by atoms with van der Waals surface area (Å²) in [5.74, 6) is 0.275. The minimum absolute atomic E-state index is 0.0180. The van der Waals surface area contributed by atoms with E-state index < -0.39 is 17.6 Å². The summed E-state index contributed by atoms with van der Waals surface area (Å²) < 4.78 is 39.8. The van der Waals surface area contributed by atoms with Crippen molar-refractivity contribution < 1.29 is 18.0 Å². The predicted octanol–water partition coefficient (Wildman–Crippen LogP) is 5.20. The fourth-order valence-corrected chi connectivity index (χ4v) is 3.79. The maximum atomic E-state index is 12.6. The largest absolute Gasteiger partial charge is 0.416 e. The highest BCUT2D eigenvalue weighted by Gasteiger charge is 2.29. The first-order valence-electron chi connectivity index (χ1n) is 10.1. The SMILES string of the molecule is O=C(CSc1nnc(-c2ccccc2)n1-c1ccccc1)N/N=C\c1ccc(C(F)(F)F)cc1. The number of thioether (sulfide) groups is 1. The van der Waals surface area contributed by atoms with E-state index >= 15 is 0 Å². The molecule has 0 atom stereocenters. The molecule has 0 saturated carbocycles. The quantitative estimate of drug-likeness (QED) is 0.224. The van der Waals surface area contributed by atoms with Gasteiger partial charge in [-0.2, -0.15) is 18.3 Å². The van der Waals surface area contributed by atoms with Crippen LogP contribution in [0.5, 0.6) is 0 Å². The summed E-state index contributed by atoms with van der Waals surface area (Å²) in [5, 5.41) is 12.9. The van der Waals surface area contributed by atoms with Crippen molar-refractivity contribution in [2.24, 2.45) is 5.10 Å². The average molecular weight is 482 g/mol. The number of alkyl halides is 3. The Morgan fingerprint density at radius 3 is 2.24 bits per heavy atom. The molecule has 1 heterocycles. The van der Waals surface area contributed by atoms with Crippen LogP contribution in [0.2, 0.25) is 0 Å². The molecular weight excluding hydrogens is 463 g/mol. The topological polar surface area (TPSA) is 72.2 Å². The second-order valence-corrected chi connectivity index (χ2v) is 7.99. The zero-order chi connectivity index (χ0) is 24.0. The molecular formula is C24H18F3N5OS. The van der Waals surface area contributed by atoms with Crippen molar-refractivity contribution in [3.63, 3.8) is 0 Å². The molecule has 0 fully saturated rings. The zero-order valence-corrected chi connectivity index (χ0v) is 18.4. The Kier molecular flexibility index (Phi) is 7.07. The van der Waals surface area contributed by atoms with Gasteiger partial charge in [-0.15, -0.1) is 10.2 Å². The van der Waals surface area contributed by atoms with Gasteiger partial charge in [-0.05, 0) is 29.8 Å². The van der Waals surface area contributed by atoms with Gasteiger partial charge >= 0.3 is 6.18 Å². The number of rotatable bonds is 7. The Balaban J connectivity index is 1.43. The van der Waals surface area contributed by atoms with Crippen LogP contribution >= 0.6 is 11.8 Å². The van der Waals surface area contributed by atoms with Gasteiger partial charge in [0.1, 0.15) is 0 Å². The molecule has 10 heteroatoms. The molecule has 0 bridgehead atoms. The van der Waals surface area contributed by atoms with Gasteiger partial charge in [-0.25, -0.2) is 5.43 Å². The molecule has 0 aliphatic rings. The van der Waals surface area contributed by atoms with Crippen LogP contribution < -0.4 is 5.43 Å². The van der Waals surface area contributed by atoms with Crippen molar-refractivity contribution in [2.45, 2.75) is 11.3 Å². The van der Waals surface area contributed by atoms with Crippen molar-refractivity contribution in [1.82, 2.24) is 20.2 Å². The summed E-state index contributed by atoms with van der Waals surface area (Å²) in [6.45, 7) is 0. The first-order valence-corrected chi connectivity index (χ1v) is 11.1. The van der Waals surface area contributed by atoms with Gasteiger partial charge in [0.05, 0.1) is 17.5 Å². The molecule has 4 aromatic rings. The molecule has 6 nitrogen and oxygen atoms in total. The normalized spacial score (nSPS) is 11.6. The lowest BCUT2D eigenvalue weighted by Crippen LogP contribution is -2.20. The fraction of sp³-hybridized carbons (Fsp3) is 0.0833. The molecule has 1 amide bonds. The lowest BCUT2D eigenvalue weighted by Gasteiger charge is -2.10. The summed E-state index contributed by atoms with van der Waals surface area (Å²) in [6, 6.07) is 23.6. The van der Waals surface area contributed by atoms with Crippen molar-refractivity contribution in [3.8, 4) is 17.1 Å². The van der Waals surface area contributed by atoms with E-state index in [0.717, 1.165) is 23.4 Å². The molecule has 34 heavy (non-hydrogen) atoms. The van der Waals surface area contributed by atoms with E-state index in [2.05, 4.69) is 20.7 Å². The molecule has 0 unspecified atom stereocenters. The molecule has 0 aliphatic heterocycles. The second kappa shape index (κ2) is 10.3. The van der Waals surface area contributed by atoms with Crippen LogP contribution in [-0.4, -0.2) is 32.6 Å². The van der Waals surface area contributed by atoms with E-state index in [1.54, 1.807) is 0 Å². The number of benzene rings is 3. The highest BCUT2D eigenvalue weighted by atomic mass is 32.2. The monoisotopic (exact) mass is 481 g/mol. The van der Waals surface area contributed by atoms with E-state index in [4.69, 9.17) is 0 Å². The number of halogens is 3. The summed E-state index contributed by atoms with van der Waals surface area (Å²) in [5.41, 5.74) is 3.80. The van der Waals surface area contributed by atoms with Crippen molar-refractivity contribution >= 4 is 23.9 Å². The maximum Gasteiger partial charge on any atom is 0.416 e. The predicted molar refractivity (Wildman–Crippen MR) is 125 cm³/mol. The Morgan fingerprint density at radius 1 is 0.941 bits per heavy atom. The summed E-state index contributed by atoms with van der Waals surface area (Å²) in [4.78, 5) is 12.3. The Labute approximate surface area is 197 Å². The molecule has 3 aromatic carbocycles. The smallest absolute Gasteiger partial charge is 0.272 e. The van der Waals surface area contributed by atoms with Gasteiger partial charge in [0.25, 0.3) is 5.91 Å². The van der Waals surface area contributed by atoms with Crippen LogP contribution in [0.3, 0.4) is 0 Å². The number of hydrazone groups is 1. The maximum absolute atomic E-state index is 12.6. The number of carbonyl (C=O) groups excluding carboxylic acids is 1. The second-order valence-electron chi connectivity index (χ2n) is 7.04. The first-order chi connectivity index (χ1) is 16.4. The van der Waals surface area contributed by atoms with E-state index in [1.807, 2.05) is 65.2 Å². The lowest BCUT2D eigenvalue weighted by atomic mass is 10.1. The lowest BCUT2D eigenvalue weighted by molar-refractivity contribution is -0.137. The van der Waals surface area contributed by atoms with E-state index in [0.29, 0.717) is 16.5 Å². The van der Waals surface area contributed by atoms with Crippen LogP contribution in [0.15, 0.2) is 95.2 Å². The number of aromatic nitrogens is 3. The molecule has 172 valence electrons. The Bertz CT molecular complexity index is 1270. The standard InChI is InChI=1S/C24H18F3N5OS/c25-24(26,27)19-13-11-17(12-14-19)15-28-29-21(33)16-34-23-31-30-22(18-7-3-1-4-8-18)32(23)20-9-5-2-6-10-20/h1-15H,16H2,(H,29,33)/b28-15-. The number of amides is 1. The van der Waals surface area contributed by atoms with Gasteiger partial charge in [0.15, 0.2) is 11.0 Å². The number of nitrogens with one attached hydrogen (secondary N) is 1. The summed E-state index contributed by atoms with van der Waals surface area (Å²) >= 11 is 1.19. The van der Waals surface area contributed by atoms with Crippen molar-refractivity contribution in [1.29, 1.82) is 0 Å². The molecule has 0 aliphatic carbocycles. The van der Waals surface area contributed by atoms with Crippen molar-refractivity contribution in [2.75, 3.05) is 5.75 Å². The number of hydrogen-bond acceptors (Lipinski definition) is 5. The summed E-state index contributed by atoms with van der Waals surface area (Å²) in [7, 11) is 0. The third-order valence-electron chi connectivity index (χ3n) is 4.65. The number of hydrogen-bond donors (Lipinski definition) is 1. The zero-order valence-electron chi connectivity index (χ0n) is 17.6. The van der Waals surface area contributed by atoms with Crippen LogP contribution in [0, 0.1) is 0 Å². The Hall–Kier alpha value is -3.92. The van der Waals surface area contributed by atoms with Crippen LogP contribution in [0.1, 0.15) is 11.1 Å². The number of para-hydroxylation sites is 1. The van der Waals surface area contributed by atoms with E-state index in [9.17, 15) is 18.0 Å². The summed E-state index contributed by atoms with van der Waals surface area (Å²) in [6.07, 6.45) is -3.12.